The highest BCUT2D eigenvalue weighted by atomic mass is 31.2. The van der Waals surface area contributed by atoms with Crippen molar-refractivity contribution in [2.75, 3.05) is 39.3 Å². The molecule has 0 saturated carbocycles. The largest absolute Gasteiger partial charge is 0.497 e. The molecule has 15 heteroatoms. The lowest BCUT2D eigenvalue weighted by Gasteiger charge is -2.39. The summed E-state index contributed by atoms with van der Waals surface area (Å²) in [5, 5.41) is 8.02. The number of anilines is 1. The predicted octanol–water partition coefficient (Wildman–Crippen LogP) is 7.76. The first kappa shape index (κ1) is 41.6. The molecule has 0 bridgehead atoms. The standard InChI is InChI=1S/C42H50N7O7P/c1-28(2)49(29(3)4)57(54-23-22-43-6)56-37-24-39(48-41-36(25-46-48)40(44-27-45-41)47-30(5)50)55-38(37)26-53-42(31-12-10-9-11-13-31,32-14-18-34(51-7)19-15-32)33-16-20-35(52-8)21-17-33/h9-21,25,27-29,37-39H,22-24,26H2,1-5,7-8H3,(H,44,45,47,50)/t37?,38-,39-,57?/m1/s1. The van der Waals surface area contributed by atoms with Crippen LogP contribution in [0.15, 0.2) is 91.4 Å². The van der Waals surface area contributed by atoms with Crippen LogP contribution < -0.4 is 14.8 Å². The van der Waals surface area contributed by atoms with Gasteiger partial charge in [-0.15, -0.1) is 0 Å². The third-order valence-corrected chi connectivity index (χ3v) is 11.8. The molecule has 2 unspecified atom stereocenters. The van der Waals surface area contributed by atoms with Crippen molar-refractivity contribution in [2.45, 2.75) is 77.2 Å². The smallest absolute Gasteiger partial charge is 0.259 e. The zero-order valence-electron chi connectivity index (χ0n) is 33.4. The van der Waals surface area contributed by atoms with Crippen LogP contribution in [0, 0.1) is 6.57 Å². The van der Waals surface area contributed by atoms with Crippen molar-refractivity contribution in [1.82, 2.24) is 24.4 Å². The van der Waals surface area contributed by atoms with Gasteiger partial charge < -0.3 is 38.2 Å². The lowest BCUT2D eigenvalue weighted by atomic mass is 9.80. The van der Waals surface area contributed by atoms with Gasteiger partial charge in [0.25, 0.3) is 8.53 Å². The van der Waals surface area contributed by atoms with E-state index in [4.69, 9.17) is 34.6 Å². The van der Waals surface area contributed by atoms with Crippen LogP contribution >= 0.6 is 8.53 Å². The second-order valence-corrected chi connectivity index (χ2v) is 15.5. The van der Waals surface area contributed by atoms with Crippen LogP contribution in [0.25, 0.3) is 15.9 Å². The van der Waals surface area contributed by atoms with Gasteiger partial charge in [0.15, 0.2) is 11.9 Å². The van der Waals surface area contributed by atoms with Crippen LogP contribution in [0.3, 0.4) is 0 Å². The molecule has 6 rings (SSSR count). The van der Waals surface area contributed by atoms with Crippen LogP contribution in [0.1, 0.15) is 64.0 Å². The number of nitrogens with zero attached hydrogens (tertiary/aromatic N) is 6. The maximum Gasteiger partial charge on any atom is 0.259 e. The molecule has 2 aromatic heterocycles. The molecule has 14 nitrogen and oxygen atoms in total. The number of methoxy groups -OCH3 is 2. The minimum atomic E-state index is -1.64. The maximum absolute atomic E-state index is 12.0. The number of fused-ring (bicyclic) bond motifs is 1. The van der Waals surface area contributed by atoms with E-state index in [0.717, 1.165) is 16.7 Å². The minimum absolute atomic E-state index is 0.0895. The van der Waals surface area contributed by atoms with Gasteiger partial charge in [-0.3, -0.25) is 4.79 Å². The number of aromatic nitrogens is 4. The Labute approximate surface area is 335 Å². The molecule has 57 heavy (non-hydrogen) atoms. The van der Waals surface area contributed by atoms with E-state index in [0.29, 0.717) is 34.8 Å². The SMILES string of the molecule is [C-]#[N+]CCOP(OC1C[C@H](n2ncc3c(NC(C)=O)ncnc32)O[C@@H]1COC(c1ccccc1)(c1ccc(OC)cc1)c1ccc(OC)cc1)N(C(C)C)C(C)C. The van der Waals surface area contributed by atoms with Crippen molar-refractivity contribution in [3.63, 3.8) is 0 Å². The molecule has 1 saturated heterocycles. The van der Waals surface area contributed by atoms with E-state index in [2.05, 4.69) is 69.7 Å². The van der Waals surface area contributed by atoms with Crippen molar-refractivity contribution in [3.05, 3.63) is 119 Å². The normalized spacial score (nSPS) is 17.6. The first-order valence-electron chi connectivity index (χ1n) is 18.9. The number of ether oxygens (including phenoxy) is 4. The quantitative estimate of drug-likeness (QED) is 0.0404. The van der Waals surface area contributed by atoms with Crippen molar-refractivity contribution in [3.8, 4) is 11.5 Å². The van der Waals surface area contributed by atoms with Crippen LogP contribution in [0.5, 0.6) is 11.5 Å². The van der Waals surface area contributed by atoms with Crippen molar-refractivity contribution >= 4 is 31.3 Å². The summed E-state index contributed by atoms with van der Waals surface area (Å²) in [6, 6.07) is 26.0. The molecule has 1 aliphatic heterocycles. The topological polar surface area (TPSA) is 136 Å². The van der Waals surface area contributed by atoms with E-state index in [1.807, 2.05) is 66.7 Å². The van der Waals surface area contributed by atoms with Crippen LogP contribution in [0.4, 0.5) is 5.82 Å². The van der Waals surface area contributed by atoms with Crippen molar-refractivity contribution < 1.29 is 32.8 Å². The summed E-state index contributed by atoms with van der Waals surface area (Å²) in [4.78, 5) is 24.3. The number of carbonyl (C=O) groups is 1. The maximum atomic E-state index is 12.0. The number of hydrogen-bond donors (Lipinski definition) is 1. The average molecular weight is 796 g/mol. The average Bonchev–Trinajstić information content (AvgIpc) is 3.83. The zero-order valence-corrected chi connectivity index (χ0v) is 34.3. The number of amides is 1. The summed E-state index contributed by atoms with van der Waals surface area (Å²) in [5.41, 5.74) is 2.05. The van der Waals surface area contributed by atoms with Gasteiger partial charge in [-0.05, 0) is 68.7 Å². The molecule has 3 heterocycles. The molecular formula is C42H50N7O7P. The molecular weight excluding hydrogens is 745 g/mol. The van der Waals surface area contributed by atoms with E-state index in [9.17, 15) is 4.79 Å². The predicted molar refractivity (Wildman–Crippen MR) is 218 cm³/mol. The Balaban J connectivity index is 1.43. The summed E-state index contributed by atoms with van der Waals surface area (Å²) >= 11 is 0. The van der Waals surface area contributed by atoms with E-state index >= 15 is 0 Å². The molecule has 0 radical (unpaired) electrons. The van der Waals surface area contributed by atoms with Gasteiger partial charge in [0, 0.05) is 25.4 Å². The van der Waals surface area contributed by atoms with Crippen LogP contribution in [0.2, 0.25) is 0 Å². The van der Waals surface area contributed by atoms with E-state index in [1.165, 1.54) is 13.3 Å². The van der Waals surface area contributed by atoms with E-state index < -0.39 is 32.6 Å². The highest BCUT2D eigenvalue weighted by Crippen LogP contribution is 2.51. The molecule has 3 aromatic carbocycles. The first-order chi connectivity index (χ1) is 27.6. The Morgan fingerprint density at radius 3 is 2.14 bits per heavy atom. The third-order valence-electron chi connectivity index (χ3n) is 9.65. The number of nitrogens with one attached hydrogen (secondary N) is 1. The molecule has 4 atom stereocenters. The minimum Gasteiger partial charge on any atom is -0.497 e. The summed E-state index contributed by atoms with van der Waals surface area (Å²) in [5.74, 6) is 1.54. The van der Waals surface area contributed by atoms with Gasteiger partial charge in [0.1, 0.15) is 42.0 Å². The highest BCUT2D eigenvalue weighted by Gasteiger charge is 2.45. The fourth-order valence-corrected chi connectivity index (χ4v) is 8.89. The molecule has 0 aliphatic carbocycles. The van der Waals surface area contributed by atoms with Gasteiger partial charge >= 0.3 is 0 Å². The van der Waals surface area contributed by atoms with Gasteiger partial charge in [-0.25, -0.2) is 25.9 Å². The van der Waals surface area contributed by atoms with E-state index in [-0.39, 0.29) is 37.7 Å². The number of rotatable bonds is 18. The zero-order chi connectivity index (χ0) is 40.5. The number of carbonyl (C=O) groups excluding carboxylic acids is 1. The van der Waals surface area contributed by atoms with Crippen LogP contribution in [-0.2, 0) is 28.9 Å². The van der Waals surface area contributed by atoms with Crippen LogP contribution in [-0.4, -0.2) is 88.6 Å². The lowest BCUT2D eigenvalue weighted by Crippen LogP contribution is -2.39. The molecule has 300 valence electrons. The molecule has 1 N–H and O–H groups in total. The summed E-state index contributed by atoms with van der Waals surface area (Å²) < 4.78 is 42.6. The van der Waals surface area contributed by atoms with Gasteiger partial charge in [-0.1, -0.05) is 54.6 Å². The Kier molecular flexibility index (Phi) is 13.8. The highest BCUT2D eigenvalue weighted by molar-refractivity contribution is 7.44. The second-order valence-electron chi connectivity index (χ2n) is 14.1. The van der Waals surface area contributed by atoms with Gasteiger partial charge in [-0.2, -0.15) is 5.10 Å². The summed E-state index contributed by atoms with van der Waals surface area (Å²) in [6.45, 7) is 17.7. The van der Waals surface area contributed by atoms with Gasteiger partial charge in [0.2, 0.25) is 12.5 Å². The molecule has 5 aromatic rings. The lowest BCUT2D eigenvalue weighted by molar-refractivity contribution is -0.114. The van der Waals surface area contributed by atoms with Crippen molar-refractivity contribution in [1.29, 1.82) is 0 Å². The Morgan fingerprint density at radius 1 is 0.965 bits per heavy atom. The molecule has 1 aliphatic rings. The molecule has 1 amide bonds. The second kappa shape index (κ2) is 19.0. The Morgan fingerprint density at radius 2 is 1.58 bits per heavy atom. The Bertz CT molecular complexity index is 2050. The molecule has 1 fully saturated rings. The number of benzene rings is 3. The van der Waals surface area contributed by atoms with Gasteiger partial charge in [0.05, 0.1) is 38.5 Å². The third kappa shape index (κ3) is 9.26. The summed E-state index contributed by atoms with van der Waals surface area (Å²) in [7, 11) is 1.65. The molecule has 0 spiro atoms. The van der Waals surface area contributed by atoms with Crippen molar-refractivity contribution in [2.24, 2.45) is 0 Å². The number of hydrogen-bond acceptors (Lipinski definition) is 11. The Hall–Kier alpha value is -5.00. The van der Waals surface area contributed by atoms with E-state index in [1.54, 1.807) is 25.1 Å². The first-order valence-corrected chi connectivity index (χ1v) is 20.0. The monoisotopic (exact) mass is 795 g/mol. The summed E-state index contributed by atoms with van der Waals surface area (Å²) in [6.07, 6.45) is 1.60. The fourth-order valence-electron chi connectivity index (χ4n) is 7.14. The fraction of sp³-hybridized carbons (Fsp3) is 0.405.